The van der Waals surface area contributed by atoms with E-state index in [-0.39, 0.29) is 11.6 Å². The molecule has 4 aromatic rings. The molecular formula is C29H27ClN2O7S. The highest BCUT2D eigenvalue weighted by Gasteiger charge is 2.42. The van der Waals surface area contributed by atoms with Gasteiger partial charge < -0.3 is 9.47 Å². The molecule has 40 heavy (non-hydrogen) atoms. The molecular weight excluding hydrogens is 556 g/mol. The lowest BCUT2D eigenvalue weighted by molar-refractivity contribution is -0.0648. The molecule has 1 N–H and O–H groups in total. The Bertz CT molecular complexity index is 1670. The van der Waals surface area contributed by atoms with Crippen molar-refractivity contribution in [3.05, 3.63) is 134 Å². The van der Waals surface area contributed by atoms with E-state index in [2.05, 4.69) is 4.98 Å². The van der Waals surface area contributed by atoms with Crippen LogP contribution in [-0.4, -0.2) is 49.6 Å². The van der Waals surface area contributed by atoms with Gasteiger partial charge in [-0.1, -0.05) is 90.5 Å². The highest BCUT2D eigenvalue weighted by molar-refractivity contribution is 7.86. The minimum Gasteiger partial charge on any atom is -0.373 e. The molecule has 1 saturated heterocycles. The molecule has 5 rings (SSSR count). The molecule has 1 aliphatic rings. The SMILES string of the molecule is CS(=O)(=O)OC1CCOC1COC(c1ccccc1)(c1ccccc1)c1ccccc1-n1cc(Cl)c(=O)[nH]c1=O. The summed E-state index contributed by atoms with van der Waals surface area (Å²) in [7, 11) is -3.72. The van der Waals surface area contributed by atoms with Crippen LogP contribution in [0.1, 0.15) is 23.1 Å². The van der Waals surface area contributed by atoms with E-state index < -0.39 is 39.2 Å². The van der Waals surface area contributed by atoms with Gasteiger partial charge in [0.05, 0.1) is 18.6 Å². The number of hydrogen-bond acceptors (Lipinski definition) is 7. The van der Waals surface area contributed by atoms with Crippen LogP contribution in [0.25, 0.3) is 5.69 Å². The van der Waals surface area contributed by atoms with Crippen LogP contribution in [0.15, 0.2) is 101 Å². The van der Waals surface area contributed by atoms with Crippen molar-refractivity contribution in [3.63, 3.8) is 0 Å². The summed E-state index contributed by atoms with van der Waals surface area (Å²) in [6, 6.07) is 26.1. The maximum atomic E-state index is 13.0. The van der Waals surface area contributed by atoms with Crippen molar-refractivity contribution in [3.8, 4) is 5.69 Å². The van der Waals surface area contributed by atoms with E-state index in [1.807, 2.05) is 72.8 Å². The first kappa shape index (κ1) is 28.0. The zero-order valence-corrected chi connectivity index (χ0v) is 23.1. The van der Waals surface area contributed by atoms with E-state index >= 15 is 0 Å². The first-order chi connectivity index (χ1) is 19.2. The summed E-state index contributed by atoms with van der Waals surface area (Å²) in [6.45, 7) is 0.291. The largest absolute Gasteiger partial charge is 0.373 e. The number of ether oxygens (including phenoxy) is 2. The van der Waals surface area contributed by atoms with Crippen molar-refractivity contribution >= 4 is 21.7 Å². The van der Waals surface area contributed by atoms with Crippen LogP contribution in [0.4, 0.5) is 0 Å². The fraction of sp³-hybridized carbons (Fsp3) is 0.241. The third-order valence-electron chi connectivity index (χ3n) is 6.71. The van der Waals surface area contributed by atoms with Crippen molar-refractivity contribution in [1.29, 1.82) is 0 Å². The quantitative estimate of drug-likeness (QED) is 0.237. The zero-order chi connectivity index (χ0) is 28.3. The van der Waals surface area contributed by atoms with Gasteiger partial charge in [0.25, 0.3) is 15.7 Å². The molecule has 0 radical (unpaired) electrons. The minimum atomic E-state index is -3.72. The second-order valence-electron chi connectivity index (χ2n) is 9.38. The summed E-state index contributed by atoms with van der Waals surface area (Å²) in [4.78, 5) is 27.3. The van der Waals surface area contributed by atoms with Crippen LogP contribution in [0.5, 0.6) is 0 Å². The van der Waals surface area contributed by atoms with E-state index in [9.17, 15) is 18.0 Å². The zero-order valence-electron chi connectivity index (χ0n) is 21.5. The van der Waals surface area contributed by atoms with Gasteiger partial charge in [0.1, 0.15) is 22.8 Å². The van der Waals surface area contributed by atoms with Gasteiger partial charge in [-0.3, -0.25) is 18.5 Å². The topological polar surface area (TPSA) is 117 Å². The third kappa shape index (κ3) is 5.67. The summed E-state index contributed by atoms with van der Waals surface area (Å²) < 4.78 is 43.1. The van der Waals surface area contributed by atoms with E-state index in [1.165, 1.54) is 10.8 Å². The van der Waals surface area contributed by atoms with Crippen LogP contribution in [0, 0.1) is 0 Å². The smallest absolute Gasteiger partial charge is 0.333 e. The number of H-pyrrole nitrogens is 1. The number of benzene rings is 3. The Morgan fingerprint density at radius 3 is 2.20 bits per heavy atom. The Morgan fingerprint density at radius 2 is 1.57 bits per heavy atom. The molecule has 208 valence electrons. The molecule has 1 fully saturated rings. The van der Waals surface area contributed by atoms with Crippen LogP contribution in [0.2, 0.25) is 5.02 Å². The molecule has 0 aliphatic carbocycles. The minimum absolute atomic E-state index is 0.0282. The van der Waals surface area contributed by atoms with Crippen molar-refractivity contribution in [2.24, 2.45) is 0 Å². The van der Waals surface area contributed by atoms with Crippen LogP contribution < -0.4 is 11.2 Å². The molecule has 1 aliphatic heterocycles. The maximum absolute atomic E-state index is 13.0. The van der Waals surface area contributed by atoms with Gasteiger partial charge in [-0.05, 0) is 17.2 Å². The monoisotopic (exact) mass is 582 g/mol. The predicted molar refractivity (Wildman–Crippen MR) is 150 cm³/mol. The second-order valence-corrected chi connectivity index (χ2v) is 11.4. The molecule has 1 aromatic heterocycles. The molecule has 11 heteroatoms. The van der Waals surface area contributed by atoms with Crippen molar-refractivity contribution in [2.75, 3.05) is 19.5 Å². The van der Waals surface area contributed by atoms with Gasteiger partial charge in [-0.15, -0.1) is 0 Å². The van der Waals surface area contributed by atoms with Gasteiger partial charge in [0.15, 0.2) is 0 Å². The molecule has 3 aromatic carbocycles. The number of halogens is 1. The van der Waals surface area contributed by atoms with E-state index in [4.69, 9.17) is 25.3 Å². The second kappa shape index (κ2) is 11.5. The fourth-order valence-corrected chi connectivity index (χ4v) is 5.82. The van der Waals surface area contributed by atoms with Crippen molar-refractivity contribution in [2.45, 2.75) is 24.2 Å². The molecule has 9 nitrogen and oxygen atoms in total. The van der Waals surface area contributed by atoms with Gasteiger partial charge >= 0.3 is 5.69 Å². The first-order valence-corrected chi connectivity index (χ1v) is 14.7. The van der Waals surface area contributed by atoms with Gasteiger partial charge in [0.2, 0.25) is 0 Å². The molecule has 0 bridgehead atoms. The molecule has 2 heterocycles. The fourth-order valence-electron chi connectivity index (χ4n) is 5.00. The number of nitrogens with one attached hydrogen (secondary N) is 1. The van der Waals surface area contributed by atoms with Crippen molar-refractivity contribution in [1.82, 2.24) is 9.55 Å². The van der Waals surface area contributed by atoms with E-state index in [1.54, 1.807) is 12.1 Å². The molecule has 2 unspecified atom stereocenters. The van der Waals surface area contributed by atoms with E-state index in [0.29, 0.717) is 24.3 Å². The lowest BCUT2D eigenvalue weighted by Crippen LogP contribution is -2.40. The number of aromatic amines is 1. The molecule has 0 spiro atoms. The number of rotatable bonds is 9. The molecule has 0 saturated carbocycles. The number of para-hydroxylation sites is 1. The summed E-state index contributed by atoms with van der Waals surface area (Å²) in [6.07, 6.45) is 1.30. The summed E-state index contributed by atoms with van der Waals surface area (Å²) in [5.41, 5.74) is -0.165. The lowest BCUT2D eigenvalue weighted by Gasteiger charge is -2.38. The van der Waals surface area contributed by atoms with Crippen LogP contribution in [0.3, 0.4) is 0 Å². The normalized spacial score (nSPS) is 17.6. The third-order valence-corrected chi connectivity index (χ3v) is 7.58. The predicted octanol–water partition coefficient (Wildman–Crippen LogP) is 3.62. The van der Waals surface area contributed by atoms with Gasteiger partial charge in [-0.2, -0.15) is 8.42 Å². The highest BCUT2D eigenvalue weighted by atomic mass is 35.5. The van der Waals surface area contributed by atoms with Crippen LogP contribution in [-0.2, 0) is 29.4 Å². The lowest BCUT2D eigenvalue weighted by atomic mass is 9.79. The van der Waals surface area contributed by atoms with E-state index in [0.717, 1.165) is 17.4 Å². The number of nitrogens with zero attached hydrogens (tertiary/aromatic N) is 1. The Kier molecular flexibility index (Phi) is 8.07. The number of aromatic nitrogens is 2. The average Bonchev–Trinajstić information content (AvgIpc) is 3.38. The summed E-state index contributed by atoms with van der Waals surface area (Å²) in [5.74, 6) is 0. The Balaban J connectivity index is 1.73. The van der Waals surface area contributed by atoms with Crippen molar-refractivity contribution < 1.29 is 22.1 Å². The van der Waals surface area contributed by atoms with Gasteiger partial charge in [0, 0.05) is 24.8 Å². The average molecular weight is 583 g/mol. The van der Waals surface area contributed by atoms with Gasteiger partial charge in [-0.25, -0.2) is 4.79 Å². The summed E-state index contributed by atoms with van der Waals surface area (Å²) in [5, 5.41) is -0.152. The first-order valence-electron chi connectivity index (χ1n) is 12.6. The maximum Gasteiger partial charge on any atom is 0.333 e. The Hall–Kier alpha value is -3.54. The molecule has 2 atom stereocenters. The Morgan fingerprint density at radius 1 is 0.975 bits per heavy atom. The molecule has 0 amide bonds. The highest BCUT2D eigenvalue weighted by Crippen LogP contribution is 2.43. The van der Waals surface area contributed by atoms with Crippen LogP contribution >= 0.6 is 11.6 Å². The summed E-state index contributed by atoms with van der Waals surface area (Å²) >= 11 is 6.14. The number of hydrogen-bond donors (Lipinski definition) is 1. The Labute approximate surface area is 236 Å². The standard InChI is InChI=1S/C29H27ClN2O7S/c1-40(35,36)39-25-16-17-37-26(25)19-38-29(20-10-4-2-5-11-20,21-12-6-3-7-13-21)22-14-8-9-15-24(22)32-18-23(30)27(33)31-28(32)34/h2-15,18,25-26H,16-17,19H2,1H3,(H,31,33,34).